The highest BCUT2D eigenvalue weighted by Gasteiger charge is 2.06. The molecule has 2 aromatic rings. The third kappa shape index (κ3) is 5.11. The average Bonchev–Trinajstić information content (AvgIpc) is 2.55. The zero-order valence-corrected chi connectivity index (χ0v) is 14.1. The molecule has 1 heterocycles. The van der Waals surface area contributed by atoms with Crippen LogP contribution in [-0.2, 0) is 13.1 Å². The molecule has 0 aliphatic rings. The molecule has 1 aromatic heterocycles. The van der Waals surface area contributed by atoms with E-state index in [9.17, 15) is 0 Å². The number of hydrogen-bond donors (Lipinski definition) is 1. The van der Waals surface area contributed by atoms with Crippen molar-refractivity contribution >= 4 is 0 Å². The van der Waals surface area contributed by atoms with Crippen molar-refractivity contribution in [2.75, 3.05) is 13.7 Å². The number of rotatable bonds is 8. The van der Waals surface area contributed by atoms with E-state index in [1.165, 1.54) is 5.56 Å². The van der Waals surface area contributed by atoms with Gasteiger partial charge in [0.1, 0.15) is 6.61 Å². The highest BCUT2D eigenvalue weighted by molar-refractivity contribution is 5.43. The molecule has 0 saturated carbocycles. The molecule has 1 aromatic carbocycles. The third-order valence-corrected chi connectivity index (χ3v) is 3.44. The van der Waals surface area contributed by atoms with Gasteiger partial charge in [-0.1, -0.05) is 18.7 Å². The van der Waals surface area contributed by atoms with E-state index in [1.807, 2.05) is 37.4 Å². The summed E-state index contributed by atoms with van der Waals surface area (Å²) in [5.74, 6) is 1.47. The van der Waals surface area contributed by atoms with E-state index in [0.29, 0.717) is 6.61 Å². The van der Waals surface area contributed by atoms with Crippen molar-refractivity contribution in [2.24, 2.45) is 0 Å². The van der Waals surface area contributed by atoms with Gasteiger partial charge in [0, 0.05) is 19.3 Å². The Morgan fingerprint density at radius 2 is 2.04 bits per heavy atom. The highest BCUT2D eigenvalue weighted by atomic mass is 16.5. The molecule has 0 bridgehead atoms. The van der Waals surface area contributed by atoms with Gasteiger partial charge < -0.3 is 14.8 Å². The van der Waals surface area contributed by atoms with Crippen molar-refractivity contribution in [3.8, 4) is 11.5 Å². The van der Waals surface area contributed by atoms with E-state index in [4.69, 9.17) is 9.47 Å². The van der Waals surface area contributed by atoms with Gasteiger partial charge in [0.05, 0.1) is 12.8 Å². The van der Waals surface area contributed by atoms with Crippen LogP contribution < -0.4 is 14.8 Å². The molecule has 23 heavy (non-hydrogen) atoms. The number of methoxy groups -OCH3 is 1. The number of hydrogen-bond acceptors (Lipinski definition) is 4. The Bertz CT molecular complexity index is 668. The quantitative estimate of drug-likeness (QED) is 0.756. The molecule has 2 rings (SSSR count). The number of aryl methyl sites for hydroxylation is 1. The smallest absolute Gasteiger partial charge is 0.161 e. The Labute approximate surface area is 138 Å². The lowest BCUT2D eigenvalue weighted by atomic mass is 10.2. The van der Waals surface area contributed by atoms with Crippen molar-refractivity contribution in [3.05, 3.63) is 65.5 Å². The molecule has 0 unspecified atom stereocenters. The largest absolute Gasteiger partial charge is 0.493 e. The highest BCUT2D eigenvalue weighted by Crippen LogP contribution is 2.28. The van der Waals surface area contributed by atoms with Crippen LogP contribution in [0, 0.1) is 6.92 Å². The summed E-state index contributed by atoms with van der Waals surface area (Å²) in [7, 11) is 1.64. The number of benzene rings is 1. The van der Waals surface area contributed by atoms with E-state index >= 15 is 0 Å². The number of nitrogens with one attached hydrogen (secondary N) is 1. The summed E-state index contributed by atoms with van der Waals surface area (Å²) < 4.78 is 11.1. The molecule has 122 valence electrons. The molecule has 0 aliphatic carbocycles. The van der Waals surface area contributed by atoms with Crippen LogP contribution in [0.1, 0.15) is 23.7 Å². The van der Waals surface area contributed by atoms with Crippen LogP contribution in [0.3, 0.4) is 0 Å². The molecule has 0 spiro atoms. The minimum Gasteiger partial charge on any atom is -0.493 e. The molecule has 0 fully saturated rings. The van der Waals surface area contributed by atoms with Crippen molar-refractivity contribution < 1.29 is 9.47 Å². The summed E-state index contributed by atoms with van der Waals surface area (Å²) in [6, 6.07) is 9.98. The minimum absolute atomic E-state index is 0.486. The Hall–Kier alpha value is -2.33. The van der Waals surface area contributed by atoms with Crippen molar-refractivity contribution in [1.82, 2.24) is 10.3 Å². The summed E-state index contributed by atoms with van der Waals surface area (Å²) >= 11 is 0. The molecule has 4 nitrogen and oxygen atoms in total. The lowest BCUT2D eigenvalue weighted by Crippen LogP contribution is -2.14. The average molecular weight is 312 g/mol. The van der Waals surface area contributed by atoms with Crippen LogP contribution in [0.5, 0.6) is 11.5 Å². The summed E-state index contributed by atoms with van der Waals surface area (Å²) in [5.41, 5.74) is 4.37. The topological polar surface area (TPSA) is 43.4 Å². The number of pyridine rings is 1. The SMILES string of the molecule is C=C(C)COc1cc(CNCc2ncccc2C)ccc1OC. The normalized spacial score (nSPS) is 10.4. The monoisotopic (exact) mass is 312 g/mol. The zero-order chi connectivity index (χ0) is 16.7. The number of nitrogens with zero attached hydrogens (tertiary/aromatic N) is 1. The molecule has 0 radical (unpaired) electrons. The van der Waals surface area contributed by atoms with Gasteiger partial charge in [0.25, 0.3) is 0 Å². The maximum atomic E-state index is 5.75. The zero-order valence-electron chi connectivity index (χ0n) is 14.1. The van der Waals surface area contributed by atoms with E-state index in [1.54, 1.807) is 7.11 Å². The van der Waals surface area contributed by atoms with E-state index in [-0.39, 0.29) is 0 Å². The summed E-state index contributed by atoms with van der Waals surface area (Å²) in [6.07, 6.45) is 1.82. The first-order valence-electron chi connectivity index (χ1n) is 7.65. The van der Waals surface area contributed by atoms with Crippen LogP contribution in [0.15, 0.2) is 48.7 Å². The van der Waals surface area contributed by atoms with E-state index in [2.05, 4.69) is 29.9 Å². The fourth-order valence-corrected chi connectivity index (χ4v) is 2.17. The second kappa shape index (κ2) is 8.34. The fraction of sp³-hybridized carbons (Fsp3) is 0.316. The molecular formula is C19H24N2O2. The van der Waals surface area contributed by atoms with Gasteiger partial charge in [0.2, 0.25) is 0 Å². The number of ether oxygens (including phenoxy) is 2. The molecule has 1 N–H and O–H groups in total. The van der Waals surface area contributed by atoms with Crippen LogP contribution in [0.25, 0.3) is 0 Å². The van der Waals surface area contributed by atoms with Gasteiger partial charge in [-0.2, -0.15) is 0 Å². The Kier molecular flexibility index (Phi) is 6.18. The maximum absolute atomic E-state index is 5.75. The lowest BCUT2D eigenvalue weighted by Gasteiger charge is -2.13. The molecular weight excluding hydrogens is 288 g/mol. The summed E-state index contributed by atoms with van der Waals surface area (Å²) in [4.78, 5) is 4.39. The predicted molar refractivity (Wildman–Crippen MR) is 92.8 cm³/mol. The summed E-state index contributed by atoms with van der Waals surface area (Å²) in [5, 5.41) is 3.41. The molecule has 4 heteroatoms. The predicted octanol–water partition coefficient (Wildman–Crippen LogP) is 3.64. The number of aromatic nitrogens is 1. The van der Waals surface area contributed by atoms with Crippen molar-refractivity contribution in [2.45, 2.75) is 26.9 Å². The molecule has 0 amide bonds. The molecule has 0 saturated heterocycles. The lowest BCUT2D eigenvalue weighted by molar-refractivity contribution is 0.319. The van der Waals surface area contributed by atoms with Crippen LogP contribution >= 0.6 is 0 Å². The van der Waals surface area contributed by atoms with Gasteiger partial charge in [-0.05, 0) is 48.7 Å². The maximum Gasteiger partial charge on any atom is 0.161 e. The first-order valence-corrected chi connectivity index (χ1v) is 7.65. The molecule has 0 aliphatic heterocycles. The van der Waals surface area contributed by atoms with Crippen LogP contribution in [-0.4, -0.2) is 18.7 Å². The van der Waals surface area contributed by atoms with E-state index < -0.39 is 0 Å². The Morgan fingerprint density at radius 1 is 1.22 bits per heavy atom. The van der Waals surface area contributed by atoms with Crippen LogP contribution in [0.2, 0.25) is 0 Å². The van der Waals surface area contributed by atoms with Gasteiger partial charge in [-0.3, -0.25) is 4.98 Å². The Morgan fingerprint density at radius 3 is 2.74 bits per heavy atom. The Balaban J connectivity index is 1.98. The van der Waals surface area contributed by atoms with Gasteiger partial charge in [-0.25, -0.2) is 0 Å². The van der Waals surface area contributed by atoms with E-state index in [0.717, 1.165) is 41.4 Å². The standard InChI is InChI=1S/C19H24N2O2/c1-14(2)13-23-19-10-16(7-8-18(19)22-4)11-20-12-17-15(3)6-5-9-21-17/h5-10,20H,1,11-13H2,2-4H3. The minimum atomic E-state index is 0.486. The second-order valence-corrected chi connectivity index (χ2v) is 5.60. The fourth-order valence-electron chi connectivity index (χ4n) is 2.17. The van der Waals surface area contributed by atoms with Gasteiger partial charge in [0.15, 0.2) is 11.5 Å². The second-order valence-electron chi connectivity index (χ2n) is 5.60. The molecule has 0 atom stereocenters. The third-order valence-electron chi connectivity index (χ3n) is 3.44. The first kappa shape index (κ1) is 17.0. The van der Waals surface area contributed by atoms with Crippen molar-refractivity contribution in [1.29, 1.82) is 0 Å². The van der Waals surface area contributed by atoms with Gasteiger partial charge >= 0.3 is 0 Å². The van der Waals surface area contributed by atoms with Gasteiger partial charge in [-0.15, -0.1) is 0 Å². The first-order chi connectivity index (χ1) is 11.1. The summed E-state index contributed by atoms with van der Waals surface area (Å²) in [6.45, 7) is 9.83. The van der Waals surface area contributed by atoms with Crippen LogP contribution in [0.4, 0.5) is 0 Å². The van der Waals surface area contributed by atoms with Crippen molar-refractivity contribution in [3.63, 3.8) is 0 Å².